The van der Waals surface area contributed by atoms with E-state index in [-0.39, 0.29) is 11.5 Å². The highest BCUT2D eigenvalue weighted by molar-refractivity contribution is 6.31. The number of hydrogen-bond acceptors (Lipinski definition) is 6. The molecular formula is C16H8ClF6N5O2. The van der Waals surface area contributed by atoms with Crippen LogP contribution in [-0.4, -0.2) is 19.9 Å². The lowest BCUT2D eigenvalue weighted by Crippen LogP contribution is -2.21. The van der Waals surface area contributed by atoms with Crippen molar-refractivity contribution in [1.82, 2.24) is 19.9 Å². The molecule has 0 aliphatic carbocycles. The largest absolute Gasteiger partial charge is 0.449 e. The lowest BCUT2D eigenvalue weighted by atomic mass is 10.2. The number of nitrogen functional groups attached to an aromatic ring is 1. The Morgan fingerprint density at radius 3 is 2.23 bits per heavy atom. The van der Waals surface area contributed by atoms with Gasteiger partial charge in [0.15, 0.2) is 5.69 Å². The molecule has 14 heteroatoms. The zero-order valence-corrected chi connectivity index (χ0v) is 15.0. The number of benzene rings is 1. The Bertz CT molecular complexity index is 1140. The van der Waals surface area contributed by atoms with Crippen molar-refractivity contribution in [2.45, 2.75) is 12.4 Å². The van der Waals surface area contributed by atoms with Gasteiger partial charge < -0.3 is 15.5 Å². The fourth-order valence-electron chi connectivity index (χ4n) is 2.25. The Hall–Kier alpha value is -3.35. The molecule has 0 aliphatic heterocycles. The summed E-state index contributed by atoms with van der Waals surface area (Å²) in [4.78, 5) is 24.8. The number of ether oxygens (including phenoxy) is 1. The number of halogens is 7. The molecule has 0 saturated carbocycles. The van der Waals surface area contributed by atoms with Crippen LogP contribution >= 0.6 is 11.6 Å². The molecule has 30 heavy (non-hydrogen) atoms. The number of nitrogens with one attached hydrogen (secondary N) is 1. The van der Waals surface area contributed by atoms with E-state index < -0.39 is 51.5 Å². The molecule has 0 saturated heterocycles. The van der Waals surface area contributed by atoms with Crippen molar-refractivity contribution in [1.29, 1.82) is 0 Å². The van der Waals surface area contributed by atoms with Crippen molar-refractivity contribution in [2.75, 3.05) is 5.73 Å². The average Bonchev–Trinajstić information content (AvgIpc) is 2.63. The molecule has 0 amide bonds. The second-order valence-corrected chi connectivity index (χ2v) is 6.07. The third kappa shape index (κ3) is 4.45. The molecule has 7 nitrogen and oxygen atoms in total. The molecule has 0 bridgehead atoms. The fourth-order valence-corrected chi connectivity index (χ4v) is 2.47. The second-order valence-electron chi connectivity index (χ2n) is 5.66. The van der Waals surface area contributed by atoms with E-state index in [1.165, 1.54) is 0 Å². The number of nitrogens with two attached hydrogens (primary N) is 1. The van der Waals surface area contributed by atoms with Crippen molar-refractivity contribution in [3.8, 4) is 22.9 Å². The number of aromatic amines is 1. The van der Waals surface area contributed by atoms with E-state index in [2.05, 4.69) is 15.0 Å². The van der Waals surface area contributed by atoms with E-state index in [9.17, 15) is 31.1 Å². The van der Waals surface area contributed by atoms with E-state index in [4.69, 9.17) is 22.1 Å². The molecule has 0 aliphatic rings. The number of H-pyrrole nitrogens is 1. The van der Waals surface area contributed by atoms with Crippen LogP contribution in [0.3, 0.4) is 0 Å². The molecule has 3 aromatic rings. The summed E-state index contributed by atoms with van der Waals surface area (Å²) in [6.45, 7) is 0. The monoisotopic (exact) mass is 451 g/mol. The quantitative estimate of drug-likeness (QED) is 0.575. The topological polar surface area (TPSA) is 107 Å². The summed E-state index contributed by atoms with van der Waals surface area (Å²) >= 11 is 5.46. The van der Waals surface area contributed by atoms with Gasteiger partial charge in [-0.3, -0.25) is 4.79 Å². The van der Waals surface area contributed by atoms with Gasteiger partial charge in [0.1, 0.15) is 11.6 Å². The zero-order chi connectivity index (χ0) is 22.3. The van der Waals surface area contributed by atoms with Gasteiger partial charge in [0.25, 0.3) is 5.56 Å². The maximum absolute atomic E-state index is 13.5. The molecule has 3 N–H and O–H groups in total. The highest BCUT2D eigenvalue weighted by Crippen LogP contribution is 2.39. The molecular weight excluding hydrogens is 444 g/mol. The molecule has 0 atom stereocenters. The minimum absolute atomic E-state index is 0.0933. The van der Waals surface area contributed by atoms with Crippen LogP contribution in [0.15, 0.2) is 35.4 Å². The second kappa shape index (κ2) is 7.48. The maximum atomic E-state index is 13.5. The zero-order valence-electron chi connectivity index (χ0n) is 14.3. The van der Waals surface area contributed by atoms with Gasteiger partial charge in [0, 0.05) is 12.4 Å². The Kier molecular flexibility index (Phi) is 5.33. The van der Waals surface area contributed by atoms with Crippen LogP contribution in [0.2, 0.25) is 5.02 Å². The molecule has 0 unspecified atom stereocenters. The van der Waals surface area contributed by atoms with Gasteiger partial charge in [-0.2, -0.15) is 26.3 Å². The Morgan fingerprint density at radius 1 is 1.03 bits per heavy atom. The Labute approximate surface area is 167 Å². The number of anilines is 1. The Morgan fingerprint density at radius 2 is 1.67 bits per heavy atom. The molecule has 0 spiro atoms. The van der Waals surface area contributed by atoms with E-state index in [0.29, 0.717) is 6.07 Å². The first-order chi connectivity index (χ1) is 13.9. The third-order valence-electron chi connectivity index (χ3n) is 3.55. The smallest absolute Gasteiger partial charge is 0.437 e. The van der Waals surface area contributed by atoms with Crippen LogP contribution in [0, 0.1) is 0 Å². The number of rotatable bonds is 3. The van der Waals surface area contributed by atoms with Gasteiger partial charge in [0.2, 0.25) is 11.7 Å². The van der Waals surface area contributed by atoms with Crippen LogP contribution in [0.25, 0.3) is 11.4 Å². The van der Waals surface area contributed by atoms with Gasteiger partial charge in [-0.25, -0.2) is 15.0 Å². The van der Waals surface area contributed by atoms with Crippen LogP contribution in [-0.2, 0) is 12.4 Å². The summed E-state index contributed by atoms with van der Waals surface area (Å²) < 4.78 is 84.1. The van der Waals surface area contributed by atoms with Gasteiger partial charge in [-0.05, 0) is 18.2 Å². The summed E-state index contributed by atoms with van der Waals surface area (Å²) in [5.74, 6) is -2.77. The lowest BCUT2D eigenvalue weighted by molar-refractivity contribution is -0.142. The average molecular weight is 452 g/mol. The summed E-state index contributed by atoms with van der Waals surface area (Å²) in [6, 6.07) is 2.01. The van der Waals surface area contributed by atoms with Crippen LogP contribution < -0.4 is 16.0 Å². The third-order valence-corrected chi connectivity index (χ3v) is 3.88. The minimum Gasteiger partial charge on any atom is -0.449 e. The van der Waals surface area contributed by atoms with E-state index in [0.717, 1.165) is 24.5 Å². The van der Waals surface area contributed by atoms with Crippen molar-refractivity contribution >= 4 is 17.5 Å². The van der Waals surface area contributed by atoms with Crippen LogP contribution in [0.1, 0.15) is 11.3 Å². The number of hydrogen-bond donors (Lipinski definition) is 2. The van der Waals surface area contributed by atoms with Crippen molar-refractivity contribution in [3.05, 3.63) is 57.2 Å². The predicted molar refractivity (Wildman–Crippen MR) is 91.8 cm³/mol. The first-order valence-electron chi connectivity index (χ1n) is 7.70. The van der Waals surface area contributed by atoms with Crippen LogP contribution in [0.4, 0.5) is 32.3 Å². The molecule has 0 fully saturated rings. The standard InChI is InChI=1S/C16H8ClF6N5O2/c17-9-2-1-7(3-8(9)15(18,19)20)30-10-11(16(21,22)23)27-12(28-13(10)29)6-4-25-14(24)26-5-6/h1-5H,(H2,24,25,26)(H,27,28,29). The summed E-state index contributed by atoms with van der Waals surface area (Å²) in [6.07, 6.45) is -8.02. The highest BCUT2D eigenvalue weighted by atomic mass is 35.5. The molecule has 1 aromatic carbocycles. The predicted octanol–water partition coefficient (Wildman–Crippen LogP) is 4.29. The summed E-state index contributed by atoms with van der Waals surface area (Å²) in [5, 5.41) is -0.698. The van der Waals surface area contributed by atoms with Gasteiger partial charge >= 0.3 is 12.4 Å². The first-order valence-corrected chi connectivity index (χ1v) is 8.08. The SMILES string of the molecule is Nc1ncc(-c2nc(C(F)(F)F)c(Oc3ccc(Cl)c(C(F)(F)F)c3)c(=O)[nH]2)cn1. The molecule has 0 radical (unpaired) electrons. The summed E-state index contributed by atoms with van der Waals surface area (Å²) in [5.41, 5.74) is 0.690. The van der Waals surface area contributed by atoms with Crippen molar-refractivity contribution < 1.29 is 31.1 Å². The van der Waals surface area contributed by atoms with Gasteiger partial charge in [-0.1, -0.05) is 11.6 Å². The lowest BCUT2D eigenvalue weighted by Gasteiger charge is -2.15. The number of nitrogens with zero attached hydrogens (tertiary/aromatic N) is 3. The van der Waals surface area contributed by atoms with E-state index in [1.54, 1.807) is 0 Å². The number of aromatic nitrogens is 4. The van der Waals surface area contributed by atoms with Gasteiger partial charge in [-0.15, -0.1) is 0 Å². The Balaban J connectivity index is 2.11. The van der Waals surface area contributed by atoms with Crippen molar-refractivity contribution in [2.24, 2.45) is 0 Å². The summed E-state index contributed by atoms with van der Waals surface area (Å²) in [7, 11) is 0. The fraction of sp³-hybridized carbons (Fsp3) is 0.125. The minimum atomic E-state index is -5.17. The normalized spacial score (nSPS) is 12.1. The molecule has 3 rings (SSSR count). The van der Waals surface area contributed by atoms with E-state index >= 15 is 0 Å². The molecule has 2 heterocycles. The molecule has 158 valence electrons. The van der Waals surface area contributed by atoms with Gasteiger partial charge in [0.05, 0.1) is 16.1 Å². The van der Waals surface area contributed by atoms with E-state index in [1.807, 2.05) is 4.98 Å². The highest BCUT2D eigenvalue weighted by Gasteiger charge is 2.39. The van der Waals surface area contributed by atoms with Crippen molar-refractivity contribution in [3.63, 3.8) is 0 Å². The number of alkyl halides is 6. The maximum Gasteiger partial charge on any atom is 0.437 e. The molecule has 2 aromatic heterocycles. The first kappa shape index (κ1) is 21.4. The van der Waals surface area contributed by atoms with Crippen LogP contribution in [0.5, 0.6) is 11.5 Å².